The number of methoxy groups -OCH3 is 1. The minimum absolute atomic E-state index is 0.0482. The van der Waals surface area contributed by atoms with Gasteiger partial charge in [-0.3, -0.25) is 24.8 Å². The van der Waals surface area contributed by atoms with Crippen LogP contribution in [0.2, 0.25) is 0 Å². The normalized spacial score (nSPS) is 10.8. The molecule has 0 spiro atoms. The predicted octanol–water partition coefficient (Wildman–Crippen LogP) is 2.61. The van der Waals surface area contributed by atoms with Crippen molar-refractivity contribution < 1.29 is 18.7 Å². The van der Waals surface area contributed by atoms with E-state index in [0.29, 0.717) is 5.16 Å². The van der Waals surface area contributed by atoms with Gasteiger partial charge in [0, 0.05) is 10.9 Å². The predicted molar refractivity (Wildman–Crippen MR) is 108 cm³/mol. The Labute approximate surface area is 173 Å². The number of ether oxygens (including phenoxy) is 1. The average Bonchev–Trinajstić information content (AvgIpc) is 3.48. The molecule has 0 saturated carbocycles. The van der Waals surface area contributed by atoms with Crippen LogP contribution in [-0.2, 0) is 4.79 Å². The van der Waals surface area contributed by atoms with Gasteiger partial charge in [0.1, 0.15) is 5.75 Å². The number of hydrogen-bond acceptors (Lipinski definition) is 8. The molecule has 0 atom stereocenters. The average molecular weight is 429 g/mol. The largest absolute Gasteiger partial charge is 0.497 e. The van der Waals surface area contributed by atoms with Crippen LogP contribution >= 0.6 is 23.1 Å². The lowest BCUT2D eigenvalue weighted by atomic mass is 10.1. The number of hydrazine groups is 1. The van der Waals surface area contributed by atoms with E-state index in [-0.39, 0.29) is 17.4 Å². The molecule has 0 unspecified atom stereocenters. The van der Waals surface area contributed by atoms with Crippen LogP contribution in [-0.4, -0.2) is 39.3 Å². The minimum Gasteiger partial charge on any atom is -0.497 e. The Kier molecular flexibility index (Phi) is 5.49. The third-order valence-corrected chi connectivity index (χ3v) is 5.62. The van der Waals surface area contributed by atoms with Crippen molar-refractivity contribution in [1.29, 1.82) is 0 Å². The van der Waals surface area contributed by atoms with E-state index in [9.17, 15) is 9.59 Å². The summed E-state index contributed by atoms with van der Waals surface area (Å²) in [4.78, 5) is 24.6. The summed E-state index contributed by atoms with van der Waals surface area (Å²) in [6.45, 7) is 0. The Hall–Kier alpha value is -3.31. The van der Waals surface area contributed by atoms with Crippen molar-refractivity contribution in [1.82, 2.24) is 25.4 Å². The van der Waals surface area contributed by atoms with Crippen molar-refractivity contribution in [2.75, 3.05) is 12.9 Å². The molecule has 2 N–H and O–H groups in total. The molecule has 0 aliphatic heterocycles. The van der Waals surface area contributed by atoms with Crippen molar-refractivity contribution in [2.24, 2.45) is 0 Å². The highest BCUT2D eigenvalue weighted by Crippen LogP contribution is 2.31. The summed E-state index contributed by atoms with van der Waals surface area (Å²) in [6.07, 6.45) is 1.38. The molecule has 0 radical (unpaired) electrons. The molecule has 0 aliphatic rings. The number of nitrogens with zero attached hydrogens (tertiary/aromatic N) is 3. The van der Waals surface area contributed by atoms with Gasteiger partial charge in [0.15, 0.2) is 10.9 Å². The summed E-state index contributed by atoms with van der Waals surface area (Å²) in [7, 11) is 1.62. The third-order valence-electron chi connectivity index (χ3n) is 3.88. The van der Waals surface area contributed by atoms with Crippen LogP contribution in [0.3, 0.4) is 0 Å². The fourth-order valence-corrected chi connectivity index (χ4v) is 4.17. The zero-order valence-corrected chi connectivity index (χ0v) is 16.8. The van der Waals surface area contributed by atoms with Crippen molar-refractivity contribution in [3.8, 4) is 17.0 Å². The Morgan fingerprint density at radius 2 is 2.14 bits per heavy atom. The first-order valence-corrected chi connectivity index (χ1v) is 10.2. The number of thiazole rings is 1. The fraction of sp³-hybridized carbons (Fsp3) is 0.111. The van der Waals surface area contributed by atoms with E-state index < -0.39 is 5.91 Å². The monoisotopic (exact) mass is 429 g/mol. The lowest BCUT2D eigenvalue weighted by Crippen LogP contribution is -2.42. The van der Waals surface area contributed by atoms with Crippen LogP contribution in [0, 0.1) is 0 Å². The first-order chi connectivity index (χ1) is 14.2. The second-order valence-electron chi connectivity index (χ2n) is 5.72. The summed E-state index contributed by atoms with van der Waals surface area (Å²) in [6, 6.07) is 10.8. The molecule has 0 saturated heterocycles. The van der Waals surface area contributed by atoms with Crippen molar-refractivity contribution in [3.05, 3.63) is 53.8 Å². The van der Waals surface area contributed by atoms with Gasteiger partial charge in [0.25, 0.3) is 0 Å². The highest BCUT2D eigenvalue weighted by molar-refractivity contribution is 7.99. The van der Waals surface area contributed by atoms with E-state index in [1.165, 1.54) is 35.4 Å². The molecule has 11 heteroatoms. The highest BCUT2D eigenvalue weighted by Gasteiger charge is 2.16. The lowest BCUT2D eigenvalue weighted by molar-refractivity contribution is -0.119. The molecule has 4 rings (SSSR count). The van der Waals surface area contributed by atoms with E-state index in [0.717, 1.165) is 22.0 Å². The van der Waals surface area contributed by atoms with Crippen LogP contribution in [0.5, 0.6) is 5.75 Å². The van der Waals surface area contributed by atoms with Gasteiger partial charge in [-0.15, -0.1) is 21.5 Å². The van der Waals surface area contributed by atoms with Gasteiger partial charge in [-0.25, -0.2) is 0 Å². The van der Waals surface area contributed by atoms with Crippen molar-refractivity contribution >= 4 is 39.9 Å². The van der Waals surface area contributed by atoms with E-state index in [2.05, 4.69) is 21.0 Å². The van der Waals surface area contributed by atoms with Gasteiger partial charge in [-0.1, -0.05) is 23.9 Å². The van der Waals surface area contributed by atoms with E-state index in [1.807, 2.05) is 34.0 Å². The van der Waals surface area contributed by atoms with Crippen molar-refractivity contribution in [3.63, 3.8) is 0 Å². The van der Waals surface area contributed by atoms with Crippen molar-refractivity contribution in [2.45, 2.75) is 5.16 Å². The second-order valence-corrected chi connectivity index (χ2v) is 7.50. The zero-order chi connectivity index (χ0) is 20.2. The van der Waals surface area contributed by atoms with E-state index >= 15 is 0 Å². The SMILES string of the molecule is COc1cccc(-c2csc3nnc(SCC(=O)NNC(=O)c4ccco4)n23)c1. The van der Waals surface area contributed by atoms with Gasteiger partial charge >= 0.3 is 5.91 Å². The smallest absolute Gasteiger partial charge is 0.305 e. The number of fused-ring (bicyclic) bond motifs is 1. The topological polar surface area (TPSA) is 111 Å². The van der Waals surface area contributed by atoms with Gasteiger partial charge in [0.05, 0.1) is 24.8 Å². The van der Waals surface area contributed by atoms with Crippen LogP contribution in [0.4, 0.5) is 0 Å². The molecule has 2 amide bonds. The Morgan fingerprint density at radius 1 is 1.24 bits per heavy atom. The van der Waals surface area contributed by atoms with Gasteiger partial charge in [-0.05, 0) is 24.3 Å². The molecule has 29 heavy (non-hydrogen) atoms. The quantitative estimate of drug-likeness (QED) is 0.358. The van der Waals surface area contributed by atoms with Crippen LogP contribution in [0.15, 0.2) is 57.6 Å². The molecular formula is C18H15N5O4S2. The number of furan rings is 1. The van der Waals surface area contributed by atoms with Crippen LogP contribution < -0.4 is 15.6 Å². The number of benzene rings is 1. The first-order valence-electron chi connectivity index (χ1n) is 8.38. The Bertz CT molecular complexity index is 1150. The van der Waals surface area contributed by atoms with Gasteiger partial charge in [-0.2, -0.15) is 0 Å². The Balaban J connectivity index is 1.44. The molecule has 3 aromatic heterocycles. The van der Waals surface area contributed by atoms with E-state index in [4.69, 9.17) is 9.15 Å². The lowest BCUT2D eigenvalue weighted by Gasteiger charge is -2.06. The van der Waals surface area contributed by atoms with Crippen LogP contribution in [0.1, 0.15) is 10.6 Å². The molecule has 4 aromatic rings. The molecule has 3 heterocycles. The summed E-state index contributed by atoms with van der Waals surface area (Å²) in [5, 5.41) is 10.9. The third kappa shape index (κ3) is 4.10. The summed E-state index contributed by atoms with van der Waals surface area (Å²) in [5.74, 6) is -0.0117. The maximum absolute atomic E-state index is 12.1. The summed E-state index contributed by atoms with van der Waals surface area (Å²) >= 11 is 2.67. The minimum atomic E-state index is -0.531. The highest BCUT2D eigenvalue weighted by atomic mass is 32.2. The van der Waals surface area contributed by atoms with Gasteiger partial charge in [0.2, 0.25) is 10.9 Å². The standard InChI is InChI=1S/C18H15N5O4S2/c1-26-12-5-2-4-11(8-12)13-9-28-17-21-22-18(23(13)17)29-10-15(24)19-20-16(25)14-6-3-7-27-14/h2-9H,10H2,1H3,(H,19,24)(H,20,25). The fourth-order valence-electron chi connectivity index (χ4n) is 2.54. The maximum atomic E-state index is 12.1. The number of carbonyl (C=O) groups excluding carboxylic acids is 2. The molecular weight excluding hydrogens is 414 g/mol. The molecule has 9 nitrogen and oxygen atoms in total. The number of aromatic nitrogens is 3. The molecule has 1 aromatic carbocycles. The van der Waals surface area contributed by atoms with E-state index in [1.54, 1.807) is 13.2 Å². The second kappa shape index (κ2) is 8.37. The number of rotatable bonds is 6. The number of carbonyl (C=O) groups is 2. The molecule has 0 bridgehead atoms. The van der Waals surface area contributed by atoms with Gasteiger partial charge < -0.3 is 9.15 Å². The van der Waals surface area contributed by atoms with Crippen LogP contribution in [0.25, 0.3) is 16.2 Å². The number of nitrogens with one attached hydrogen (secondary N) is 2. The first kappa shape index (κ1) is 19.0. The summed E-state index contributed by atoms with van der Waals surface area (Å²) in [5.41, 5.74) is 6.50. The molecule has 0 fully saturated rings. The maximum Gasteiger partial charge on any atom is 0.305 e. The molecule has 148 valence electrons. The Morgan fingerprint density at radius 3 is 2.93 bits per heavy atom. The number of thioether (sulfide) groups is 1. The number of hydrogen-bond donors (Lipinski definition) is 2. The number of amides is 2. The molecule has 0 aliphatic carbocycles. The summed E-state index contributed by atoms with van der Waals surface area (Å²) < 4.78 is 12.1. The zero-order valence-electron chi connectivity index (χ0n) is 15.1.